The highest BCUT2D eigenvalue weighted by Crippen LogP contribution is 2.43. The van der Waals surface area contributed by atoms with E-state index >= 15 is 0 Å². The molecule has 0 unspecified atom stereocenters. The van der Waals surface area contributed by atoms with Gasteiger partial charge in [-0.3, -0.25) is 4.99 Å². The Morgan fingerprint density at radius 1 is 1.22 bits per heavy atom. The van der Waals surface area contributed by atoms with Gasteiger partial charge in [0.15, 0.2) is 5.17 Å². The van der Waals surface area contributed by atoms with Crippen LogP contribution in [0.4, 0.5) is 0 Å². The van der Waals surface area contributed by atoms with Crippen LogP contribution in [0.25, 0.3) is 0 Å². The molecule has 102 valence electrons. The number of thioether (sulfide) groups is 1. The molecule has 1 spiro atoms. The van der Waals surface area contributed by atoms with Crippen molar-refractivity contribution in [3.63, 3.8) is 0 Å². The van der Waals surface area contributed by atoms with Crippen LogP contribution in [0.1, 0.15) is 58.8 Å². The lowest BCUT2D eigenvalue weighted by atomic mass is 9.75. The van der Waals surface area contributed by atoms with Crippen molar-refractivity contribution in [2.75, 3.05) is 12.3 Å². The molecule has 0 aromatic rings. The van der Waals surface area contributed by atoms with Crippen molar-refractivity contribution in [3.05, 3.63) is 0 Å². The molecule has 0 aromatic carbocycles. The zero-order valence-electron chi connectivity index (χ0n) is 11.8. The van der Waals surface area contributed by atoms with Crippen LogP contribution in [0.2, 0.25) is 0 Å². The lowest BCUT2D eigenvalue weighted by Gasteiger charge is -2.39. The number of amidine groups is 1. The molecule has 1 aliphatic heterocycles. The smallest absolute Gasteiger partial charge is 0.157 e. The first kappa shape index (κ1) is 12.8. The van der Waals surface area contributed by atoms with E-state index in [1.807, 2.05) is 11.8 Å². The van der Waals surface area contributed by atoms with Crippen molar-refractivity contribution in [2.45, 2.75) is 64.3 Å². The van der Waals surface area contributed by atoms with Crippen LogP contribution in [0.5, 0.6) is 0 Å². The van der Waals surface area contributed by atoms with Gasteiger partial charge in [0.05, 0.1) is 0 Å². The van der Waals surface area contributed by atoms with Gasteiger partial charge in [-0.2, -0.15) is 0 Å². The number of nitrogens with one attached hydrogen (secondary N) is 1. The van der Waals surface area contributed by atoms with E-state index in [0.717, 1.165) is 12.5 Å². The molecule has 2 aliphatic carbocycles. The molecule has 0 saturated heterocycles. The molecule has 0 atom stereocenters. The monoisotopic (exact) mass is 266 g/mol. The first-order valence-electron chi connectivity index (χ1n) is 7.55. The lowest BCUT2D eigenvalue weighted by Crippen LogP contribution is -2.46. The molecule has 3 aliphatic rings. The first-order chi connectivity index (χ1) is 8.60. The zero-order valence-corrected chi connectivity index (χ0v) is 12.6. The maximum Gasteiger partial charge on any atom is 0.157 e. The molecule has 1 heterocycles. The summed E-state index contributed by atoms with van der Waals surface area (Å²) in [7, 11) is 0. The predicted molar refractivity (Wildman–Crippen MR) is 80.2 cm³/mol. The Kier molecular flexibility index (Phi) is 3.38. The highest BCUT2D eigenvalue weighted by molar-refractivity contribution is 8.13. The van der Waals surface area contributed by atoms with Gasteiger partial charge < -0.3 is 5.32 Å². The van der Waals surface area contributed by atoms with E-state index in [-0.39, 0.29) is 5.54 Å². The van der Waals surface area contributed by atoms with E-state index in [9.17, 15) is 0 Å². The highest BCUT2D eigenvalue weighted by atomic mass is 32.2. The topological polar surface area (TPSA) is 24.4 Å². The third kappa shape index (κ3) is 2.71. The maximum absolute atomic E-state index is 4.87. The van der Waals surface area contributed by atoms with Crippen LogP contribution in [0.15, 0.2) is 4.99 Å². The van der Waals surface area contributed by atoms with Crippen LogP contribution >= 0.6 is 11.8 Å². The predicted octanol–water partition coefficient (Wildman–Crippen LogP) is 3.82. The Morgan fingerprint density at radius 2 is 1.94 bits per heavy atom. The summed E-state index contributed by atoms with van der Waals surface area (Å²) in [5.74, 6) is 2.16. The molecule has 3 heteroatoms. The Labute approximate surface area is 115 Å². The van der Waals surface area contributed by atoms with Crippen LogP contribution in [-0.4, -0.2) is 23.0 Å². The van der Waals surface area contributed by atoms with E-state index in [1.54, 1.807) is 0 Å². The Morgan fingerprint density at radius 3 is 2.50 bits per heavy atom. The van der Waals surface area contributed by atoms with Crippen LogP contribution in [-0.2, 0) is 0 Å². The van der Waals surface area contributed by atoms with Gasteiger partial charge in [0.1, 0.15) is 0 Å². The van der Waals surface area contributed by atoms with Crippen LogP contribution in [0.3, 0.4) is 0 Å². The van der Waals surface area contributed by atoms with E-state index in [1.165, 1.54) is 55.9 Å². The maximum atomic E-state index is 4.87. The largest absolute Gasteiger partial charge is 0.360 e. The second-order valence-corrected chi connectivity index (χ2v) is 8.06. The average molecular weight is 266 g/mol. The molecule has 0 bridgehead atoms. The third-order valence-corrected chi connectivity index (χ3v) is 6.28. The summed E-state index contributed by atoms with van der Waals surface area (Å²) in [6, 6.07) is 0. The van der Waals surface area contributed by atoms with Gasteiger partial charge in [-0.25, -0.2) is 0 Å². The summed E-state index contributed by atoms with van der Waals surface area (Å²) in [6.45, 7) is 5.74. The highest BCUT2D eigenvalue weighted by Gasteiger charge is 2.40. The number of hydrogen-bond donors (Lipinski definition) is 1. The van der Waals surface area contributed by atoms with E-state index < -0.39 is 0 Å². The summed E-state index contributed by atoms with van der Waals surface area (Å²) < 4.78 is 0. The molecule has 2 saturated carbocycles. The van der Waals surface area contributed by atoms with Gasteiger partial charge in [-0.1, -0.05) is 31.0 Å². The fraction of sp³-hybridized carbons (Fsp3) is 0.933. The lowest BCUT2D eigenvalue weighted by molar-refractivity contribution is 0.232. The summed E-state index contributed by atoms with van der Waals surface area (Å²) in [5, 5.41) is 4.90. The minimum absolute atomic E-state index is 0.253. The van der Waals surface area contributed by atoms with Crippen molar-refractivity contribution in [1.29, 1.82) is 0 Å². The number of nitrogens with zero attached hydrogens (tertiary/aromatic N) is 1. The summed E-state index contributed by atoms with van der Waals surface area (Å²) >= 11 is 1.98. The third-order valence-electron chi connectivity index (χ3n) is 5.01. The molecule has 0 amide bonds. The second-order valence-electron chi connectivity index (χ2n) is 7.09. The number of rotatable bonds is 2. The van der Waals surface area contributed by atoms with E-state index in [0.29, 0.717) is 5.41 Å². The van der Waals surface area contributed by atoms with Crippen molar-refractivity contribution >= 4 is 16.9 Å². The summed E-state index contributed by atoms with van der Waals surface area (Å²) in [5.41, 5.74) is 0.806. The van der Waals surface area contributed by atoms with Gasteiger partial charge in [0, 0.05) is 17.8 Å². The minimum atomic E-state index is 0.253. The second kappa shape index (κ2) is 4.73. The fourth-order valence-electron chi connectivity index (χ4n) is 3.41. The molecule has 1 N–H and O–H groups in total. The van der Waals surface area contributed by atoms with Crippen molar-refractivity contribution < 1.29 is 0 Å². The summed E-state index contributed by atoms with van der Waals surface area (Å²) in [4.78, 5) is 4.87. The molecular formula is C15H26N2S. The Balaban J connectivity index is 1.59. The summed E-state index contributed by atoms with van der Waals surface area (Å²) in [6.07, 6.45) is 9.88. The van der Waals surface area contributed by atoms with Crippen molar-refractivity contribution in [3.8, 4) is 0 Å². The van der Waals surface area contributed by atoms with Gasteiger partial charge in [-0.05, 0) is 50.9 Å². The van der Waals surface area contributed by atoms with Gasteiger partial charge in [0.2, 0.25) is 0 Å². The quantitative estimate of drug-likeness (QED) is 0.821. The Bertz CT molecular complexity index is 338. The molecule has 2 fully saturated rings. The molecular weight excluding hydrogens is 240 g/mol. The number of hydrogen-bond acceptors (Lipinski definition) is 3. The van der Waals surface area contributed by atoms with Crippen molar-refractivity contribution in [2.24, 2.45) is 16.3 Å². The molecule has 2 nitrogen and oxygen atoms in total. The van der Waals surface area contributed by atoms with Crippen LogP contribution < -0.4 is 5.32 Å². The van der Waals surface area contributed by atoms with Gasteiger partial charge in [0.25, 0.3) is 0 Å². The molecule has 0 aromatic heterocycles. The van der Waals surface area contributed by atoms with Crippen molar-refractivity contribution in [1.82, 2.24) is 5.32 Å². The minimum Gasteiger partial charge on any atom is -0.360 e. The Hall–Kier alpha value is -0.180. The molecule has 0 radical (unpaired) electrons. The van der Waals surface area contributed by atoms with Crippen LogP contribution in [0, 0.1) is 11.3 Å². The van der Waals surface area contributed by atoms with Gasteiger partial charge >= 0.3 is 0 Å². The van der Waals surface area contributed by atoms with E-state index in [4.69, 9.17) is 4.99 Å². The SMILES string of the molecule is CC(C)(NC1=NCC2(CCCCC2)CS1)C1CC1. The normalized spacial score (nSPS) is 28.0. The number of aliphatic imine (C=N–C) groups is 1. The fourth-order valence-corrected chi connectivity index (χ4v) is 4.73. The van der Waals surface area contributed by atoms with Gasteiger partial charge in [-0.15, -0.1) is 0 Å². The average Bonchev–Trinajstić information content (AvgIpc) is 3.18. The van der Waals surface area contributed by atoms with E-state index in [2.05, 4.69) is 19.2 Å². The first-order valence-corrected chi connectivity index (χ1v) is 8.54. The molecule has 3 rings (SSSR count). The standard InChI is InChI=1S/C15H26N2S/c1-14(2,12-6-7-12)17-13-16-10-15(11-18-13)8-4-3-5-9-15/h12H,3-11H2,1-2H3,(H,16,17). The zero-order chi connectivity index (χ0) is 12.6. The molecule has 18 heavy (non-hydrogen) atoms.